The molecule has 108 valence electrons. The molecule has 0 spiro atoms. The Kier molecular flexibility index (Phi) is 4.80. The molecule has 1 aromatic rings. The summed E-state index contributed by atoms with van der Waals surface area (Å²) in [5.41, 5.74) is 7.41. The van der Waals surface area contributed by atoms with Gasteiger partial charge in [-0.3, -0.25) is 4.79 Å². The van der Waals surface area contributed by atoms with E-state index < -0.39 is 0 Å². The summed E-state index contributed by atoms with van der Waals surface area (Å²) < 4.78 is 1.82. The Morgan fingerprint density at radius 2 is 2.05 bits per heavy atom. The molecule has 1 aromatic heterocycles. The lowest BCUT2D eigenvalue weighted by molar-refractivity contribution is -0.130. The zero-order valence-electron chi connectivity index (χ0n) is 12.7. The average molecular weight is 267 g/mol. The van der Waals surface area contributed by atoms with E-state index in [1.54, 1.807) is 11.9 Å². The van der Waals surface area contributed by atoms with Crippen molar-refractivity contribution in [2.75, 3.05) is 24.6 Å². The fourth-order valence-electron chi connectivity index (χ4n) is 1.83. The number of rotatable bonds is 5. The normalized spacial score (nSPS) is 12.6. The van der Waals surface area contributed by atoms with Gasteiger partial charge in [0.2, 0.25) is 5.91 Å². The van der Waals surface area contributed by atoms with Crippen molar-refractivity contribution < 1.29 is 4.79 Å². The second kappa shape index (κ2) is 5.95. The zero-order chi connectivity index (χ0) is 14.7. The summed E-state index contributed by atoms with van der Waals surface area (Å²) in [6.45, 7) is 10.4. The SMILES string of the molecule is CCN(C)C(=O)C(C)Nc1c(N)c(C)nn1C(C)C. The van der Waals surface area contributed by atoms with Crippen LogP contribution in [0.5, 0.6) is 0 Å². The number of anilines is 2. The lowest BCUT2D eigenvalue weighted by Crippen LogP contribution is -2.39. The number of hydrogen-bond acceptors (Lipinski definition) is 4. The van der Waals surface area contributed by atoms with Gasteiger partial charge in [0.25, 0.3) is 0 Å². The smallest absolute Gasteiger partial charge is 0.244 e. The van der Waals surface area contributed by atoms with E-state index >= 15 is 0 Å². The Hall–Kier alpha value is -1.72. The molecule has 6 heteroatoms. The molecular formula is C13H25N5O. The molecule has 0 bridgehead atoms. The lowest BCUT2D eigenvalue weighted by atomic mass is 10.2. The molecule has 0 aliphatic carbocycles. The molecule has 1 atom stereocenters. The second-order valence-electron chi connectivity index (χ2n) is 5.10. The van der Waals surface area contributed by atoms with E-state index in [0.29, 0.717) is 12.2 Å². The van der Waals surface area contributed by atoms with Crippen LogP contribution in [0.4, 0.5) is 11.5 Å². The first-order valence-electron chi connectivity index (χ1n) is 6.65. The predicted molar refractivity (Wildman–Crippen MR) is 78.2 cm³/mol. The molecule has 0 aliphatic heterocycles. The average Bonchev–Trinajstić information content (AvgIpc) is 2.65. The Morgan fingerprint density at radius 3 is 2.53 bits per heavy atom. The van der Waals surface area contributed by atoms with Gasteiger partial charge in [0.1, 0.15) is 11.9 Å². The summed E-state index contributed by atoms with van der Waals surface area (Å²) >= 11 is 0. The van der Waals surface area contributed by atoms with E-state index in [-0.39, 0.29) is 18.0 Å². The van der Waals surface area contributed by atoms with Crippen molar-refractivity contribution in [3.63, 3.8) is 0 Å². The molecule has 1 rings (SSSR count). The van der Waals surface area contributed by atoms with Crippen LogP contribution in [0.3, 0.4) is 0 Å². The molecule has 1 heterocycles. The predicted octanol–water partition coefficient (Wildman–Crippen LogP) is 1.63. The van der Waals surface area contributed by atoms with Gasteiger partial charge in [-0.2, -0.15) is 5.10 Å². The minimum Gasteiger partial charge on any atom is -0.394 e. The Morgan fingerprint density at radius 1 is 1.47 bits per heavy atom. The van der Waals surface area contributed by atoms with Gasteiger partial charge in [0.15, 0.2) is 0 Å². The van der Waals surface area contributed by atoms with Gasteiger partial charge in [-0.15, -0.1) is 0 Å². The molecule has 1 unspecified atom stereocenters. The van der Waals surface area contributed by atoms with Gasteiger partial charge < -0.3 is 16.0 Å². The van der Waals surface area contributed by atoms with E-state index in [4.69, 9.17) is 5.73 Å². The van der Waals surface area contributed by atoms with Crippen LogP contribution in [0.1, 0.15) is 39.4 Å². The number of aryl methyl sites for hydroxylation is 1. The highest BCUT2D eigenvalue weighted by Crippen LogP contribution is 2.26. The molecule has 6 nitrogen and oxygen atoms in total. The maximum Gasteiger partial charge on any atom is 0.244 e. The summed E-state index contributed by atoms with van der Waals surface area (Å²) in [6.07, 6.45) is 0. The number of amides is 1. The number of likely N-dealkylation sites (N-methyl/N-ethyl adjacent to an activating group) is 1. The lowest BCUT2D eigenvalue weighted by Gasteiger charge is -2.22. The molecule has 3 N–H and O–H groups in total. The van der Waals surface area contributed by atoms with Crippen LogP contribution in [0.15, 0.2) is 0 Å². The minimum atomic E-state index is -0.333. The molecule has 0 saturated carbocycles. The topological polar surface area (TPSA) is 76.2 Å². The molecular weight excluding hydrogens is 242 g/mol. The number of nitrogen functional groups attached to an aromatic ring is 1. The summed E-state index contributed by atoms with van der Waals surface area (Å²) in [5.74, 6) is 0.758. The highest BCUT2D eigenvalue weighted by Gasteiger charge is 2.21. The first-order chi connectivity index (χ1) is 8.79. The first-order valence-corrected chi connectivity index (χ1v) is 6.65. The third-order valence-electron chi connectivity index (χ3n) is 3.20. The maximum absolute atomic E-state index is 12.1. The van der Waals surface area contributed by atoms with E-state index in [0.717, 1.165) is 11.5 Å². The van der Waals surface area contributed by atoms with Crippen LogP contribution in [-0.2, 0) is 4.79 Å². The monoisotopic (exact) mass is 267 g/mol. The Bertz CT molecular complexity index is 452. The van der Waals surface area contributed by atoms with Gasteiger partial charge >= 0.3 is 0 Å². The van der Waals surface area contributed by atoms with E-state index in [1.165, 1.54) is 0 Å². The van der Waals surface area contributed by atoms with E-state index in [2.05, 4.69) is 10.4 Å². The van der Waals surface area contributed by atoms with Gasteiger partial charge in [-0.25, -0.2) is 4.68 Å². The van der Waals surface area contributed by atoms with Crippen LogP contribution >= 0.6 is 0 Å². The fraction of sp³-hybridized carbons (Fsp3) is 0.692. The van der Waals surface area contributed by atoms with Crippen molar-refractivity contribution in [1.82, 2.24) is 14.7 Å². The van der Waals surface area contributed by atoms with Crippen LogP contribution < -0.4 is 11.1 Å². The fourth-order valence-corrected chi connectivity index (χ4v) is 1.83. The van der Waals surface area contributed by atoms with Crippen molar-refractivity contribution >= 4 is 17.4 Å². The molecule has 0 aliphatic rings. The van der Waals surface area contributed by atoms with Crippen molar-refractivity contribution in [3.8, 4) is 0 Å². The van der Waals surface area contributed by atoms with Crippen molar-refractivity contribution in [1.29, 1.82) is 0 Å². The second-order valence-corrected chi connectivity index (χ2v) is 5.10. The van der Waals surface area contributed by atoms with Crippen molar-refractivity contribution in [3.05, 3.63) is 5.69 Å². The van der Waals surface area contributed by atoms with Crippen molar-refractivity contribution in [2.24, 2.45) is 0 Å². The largest absolute Gasteiger partial charge is 0.394 e. The highest BCUT2D eigenvalue weighted by molar-refractivity contribution is 5.85. The standard InChI is InChI=1S/C13H25N5O/c1-7-17(6)13(19)10(5)15-12-11(14)9(4)16-18(12)8(2)3/h8,10,15H,7,14H2,1-6H3. The number of carbonyl (C=O) groups excluding carboxylic acids is 1. The number of hydrogen-bond donors (Lipinski definition) is 2. The molecule has 19 heavy (non-hydrogen) atoms. The van der Waals surface area contributed by atoms with Crippen molar-refractivity contribution in [2.45, 2.75) is 46.7 Å². The first kappa shape index (κ1) is 15.3. The minimum absolute atomic E-state index is 0.0380. The Balaban J connectivity index is 2.96. The van der Waals surface area contributed by atoms with Gasteiger partial charge in [-0.05, 0) is 34.6 Å². The molecule has 0 aromatic carbocycles. The molecule has 0 fully saturated rings. The highest BCUT2D eigenvalue weighted by atomic mass is 16.2. The number of nitrogens with one attached hydrogen (secondary N) is 1. The van der Waals surface area contributed by atoms with Gasteiger partial charge in [0.05, 0.1) is 11.4 Å². The summed E-state index contributed by atoms with van der Waals surface area (Å²) in [7, 11) is 1.79. The third kappa shape index (κ3) is 3.19. The number of nitrogens with zero attached hydrogens (tertiary/aromatic N) is 3. The quantitative estimate of drug-likeness (QED) is 0.850. The number of aromatic nitrogens is 2. The summed E-state index contributed by atoms with van der Waals surface area (Å²) in [4.78, 5) is 13.7. The molecule has 0 saturated heterocycles. The Labute approximate surface area is 114 Å². The van der Waals surface area contributed by atoms with E-state index in [9.17, 15) is 4.79 Å². The van der Waals surface area contributed by atoms with Crippen LogP contribution in [0.25, 0.3) is 0 Å². The van der Waals surface area contributed by atoms with Crippen LogP contribution in [-0.4, -0.2) is 40.2 Å². The zero-order valence-corrected chi connectivity index (χ0v) is 12.7. The van der Waals surface area contributed by atoms with Crippen LogP contribution in [0, 0.1) is 6.92 Å². The third-order valence-corrected chi connectivity index (χ3v) is 3.20. The molecule has 1 amide bonds. The number of nitrogens with two attached hydrogens (primary N) is 1. The van der Waals surface area contributed by atoms with Crippen LogP contribution in [0.2, 0.25) is 0 Å². The maximum atomic E-state index is 12.1. The molecule has 0 radical (unpaired) electrons. The van der Waals surface area contributed by atoms with E-state index in [1.807, 2.05) is 39.3 Å². The van der Waals surface area contributed by atoms with Gasteiger partial charge in [0, 0.05) is 19.6 Å². The summed E-state index contributed by atoms with van der Waals surface area (Å²) in [6, 6.07) is -0.148. The van der Waals surface area contributed by atoms with Gasteiger partial charge in [-0.1, -0.05) is 0 Å². The summed E-state index contributed by atoms with van der Waals surface area (Å²) in [5, 5.41) is 7.57. The number of carbonyl (C=O) groups is 1.